The molecule has 0 saturated heterocycles. The molecule has 114 valence electrons. The van der Waals surface area contributed by atoms with Crippen molar-refractivity contribution in [3.63, 3.8) is 0 Å². The Balaban J connectivity index is 1.77. The van der Waals surface area contributed by atoms with Gasteiger partial charge in [0.05, 0.1) is 0 Å². The van der Waals surface area contributed by atoms with E-state index < -0.39 is 12.0 Å². The smallest absolute Gasteiger partial charge is 0.326 e. The fourth-order valence-corrected chi connectivity index (χ4v) is 3.73. The zero-order chi connectivity index (χ0) is 14.4. The van der Waals surface area contributed by atoms with E-state index in [-0.39, 0.29) is 11.8 Å². The van der Waals surface area contributed by atoms with E-state index >= 15 is 0 Å². The summed E-state index contributed by atoms with van der Waals surface area (Å²) in [6.07, 6.45) is 11.7. The van der Waals surface area contributed by atoms with Crippen LogP contribution in [-0.4, -0.2) is 23.0 Å². The van der Waals surface area contributed by atoms with Gasteiger partial charge in [0.1, 0.15) is 6.04 Å². The number of hydrogen-bond donors (Lipinski definition) is 2. The summed E-state index contributed by atoms with van der Waals surface area (Å²) in [4.78, 5) is 23.4. The van der Waals surface area contributed by atoms with Crippen molar-refractivity contribution in [1.29, 1.82) is 0 Å². The summed E-state index contributed by atoms with van der Waals surface area (Å²) >= 11 is 0. The van der Waals surface area contributed by atoms with E-state index in [4.69, 9.17) is 0 Å². The van der Waals surface area contributed by atoms with Crippen LogP contribution < -0.4 is 5.32 Å². The molecule has 4 nitrogen and oxygen atoms in total. The lowest BCUT2D eigenvalue weighted by molar-refractivity contribution is -0.143. The maximum absolute atomic E-state index is 12.0. The van der Waals surface area contributed by atoms with Crippen LogP contribution in [0.2, 0.25) is 0 Å². The molecule has 1 atom stereocenters. The van der Waals surface area contributed by atoms with Crippen molar-refractivity contribution in [3.8, 4) is 0 Å². The highest BCUT2D eigenvalue weighted by Crippen LogP contribution is 2.29. The third-order valence-corrected chi connectivity index (χ3v) is 4.96. The number of hydrogen-bond acceptors (Lipinski definition) is 2. The Morgan fingerprint density at radius 3 is 2.20 bits per heavy atom. The van der Waals surface area contributed by atoms with Gasteiger partial charge in [-0.2, -0.15) is 0 Å². The predicted molar refractivity (Wildman–Crippen MR) is 77.3 cm³/mol. The predicted octanol–water partition coefficient (Wildman–Crippen LogP) is 3.11. The molecular weight excluding hydrogens is 254 g/mol. The van der Waals surface area contributed by atoms with Crippen LogP contribution >= 0.6 is 0 Å². The van der Waals surface area contributed by atoms with E-state index in [1.807, 2.05) is 0 Å². The quantitative estimate of drug-likeness (QED) is 0.786. The minimum absolute atomic E-state index is 0.0742. The molecule has 2 aliphatic rings. The average Bonchev–Trinajstić information content (AvgIpc) is 2.96. The highest BCUT2D eigenvalue weighted by Gasteiger charge is 2.30. The lowest BCUT2D eigenvalue weighted by Crippen LogP contribution is -2.46. The summed E-state index contributed by atoms with van der Waals surface area (Å²) in [5.74, 6) is -0.142. The highest BCUT2D eigenvalue weighted by molar-refractivity contribution is 5.83. The average molecular weight is 281 g/mol. The Morgan fingerprint density at radius 1 is 1.00 bits per heavy atom. The highest BCUT2D eigenvalue weighted by atomic mass is 16.4. The van der Waals surface area contributed by atoms with Crippen LogP contribution in [0.15, 0.2) is 0 Å². The Labute approximate surface area is 121 Å². The number of carbonyl (C=O) groups excluding carboxylic acids is 1. The van der Waals surface area contributed by atoms with E-state index in [1.54, 1.807) is 0 Å². The van der Waals surface area contributed by atoms with Crippen LogP contribution in [0.3, 0.4) is 0 Å². The second-order valence-electron chi connectivity index (χ2n) is 6.47. The van der Waals surface area contributed by atoms with Crippen molar-refractivity contribution in [2.24, 2.45) is 11.8 Å². The molecule has 2 aliphatic carbocycles. The Morgan fingerprint density at radius 2 is 1.60 bits per heavy atom. The Kier molecular flexibility index (Phi) is 5.86. The third kappa shape index (κ3) is 4.50. The van der Waals surface area contributed by atoms with Crippen LogP contribution in [0.25, 0.3) is 0 Å². The molecular formula is C16H27NO3. The van der Waals surface area contributed by atoms with Gasteiger partial charge in [-0.15, -0.1) is 0 Å². The first-order valence-corrected chi connectivity index (χ1v) is 8.19. The van der Waals surface area contributed by atoms with Crippen LogP contribution in [-0.2, 0) is 9.59 Å². The number of carboxylic acids is 1. The zero-order valence-electron chi connectivity index (χ0n) is 12.3. The van der Waals surface area contributed by atoms with Gasteiger partial charge in [-0.25, -0.2) is 4.79 Å². The molecule has 0 aromatic rings. The summed E-state index contributed by atoms with van der Waals surface area (Å²) in [5.41, 5.74) is 0. The van der Waals surface area contributed by atoms with Gasteiger partial charge < -0.3 is 10.4 Å². The molecule has 0 aliphatic heterocycles. The van der Waals surface area contributed by atoms with E-state index in [0.717, 1.165) is 32.1 Å². The van der Waals surface area contributed by atoms with Gasteiger partial charge >= 0.3 is 5.97 Å². The molecule has 0 aromatic heterocycles. The Hall–Kier alpha value is -1.06. The van der Waals surface area contributed by atoms with E-state index in [2.05, 4.69) is 5.32 Å². The summed E-state index contributed by atoms with van der Waals surface area (Å²) in [6, 6.07) is -0.675. The lowest BCUT2D eigenvalue weighted by atomic mass is 9.84. The molecule has 0 spiro atoms. The largest absolute Gasteiger partial charge is 0.480 e. The number of rotatable bonds is 6. The third-order valence-electron chi connectivity index (χ3n) is 4.96. The molecule has 2 N–H and O–H groups in total. The van der Waals surface area contributed by atoms with Crippen LogP contribution in [0, 0.1) is 11.8 Å². The van der Waals surface area contributed by atoms with E-state index in [1.165, 1.54) is 32.1 Å². The number of carboxylic acid groups (broad SMARTS) is 1. The molecule has 1 unspecified atom stereocenters. The number of nitrogens with one attached hydrogen (secondary N) is 1. The Bertz CT molecular complexity index is 331. The molecule has 0 radical (unpaired) electrons. The number of aliphatic carboxylic acids is 1. The van der Waals surface area contributed by atoms with Crippen LogP contribution in [0.4, 0.5) is 0 Å². The second-order valence-corrected chi connectivity index (χ2v) is 6.47. The second kappa shape index (κ2) is 7.65. The fourth-order valence-electron chi connectivity index (χ4n) is 3.73. The van der Waals surface area contributed by atoms with Gasteiger partial charge in [0.25, 0.3) is 0 Å². The van der Waals surface area contributed by atoms with Crippen molar-refractivity contribution < 1.29 is 14.7 Å². The van der Waals surface area contributed by atoms with Crippen molar-refractivity contribution >= 4 is 11.9 Å². The normalized spacial score (nSPS) is 22.6. The van der Waals surface area contributed by atoms with Crippen LogP contribution in [0.5, 0.6) is 0 Å². The zero-order valence-corrected chi connectivity index (χ0v) is 12.3. The van der Waals surface area contributed by atoms with Crippen molar-refractivity contribution in [1.82, 2.24) is 5.32 Å². The van der Waals surface area contributed by atoms with E-state index in [9.17, 15) is 14.7 Å². The first-order chi connectivity index (χ1) is 9.66. The van der Waals surface area contributed by atoms with Gasteiger partial charge in [0.15, 0.2) is 0 Å². The van der Waals surface area contributed by atoms with Gasteiger partial charge in [0, 0.05) is 6.42 Å². The molecule has 2 fully saturated rings. The minimum Gasteiger partial charge on any atom is -0.480 e. The van der Waals surface area contributed by atoms with Crippen LogP contribution in [0.1, 0.15) is 70.6 Å². The first kappa shape index (κ1) is 15.3. The molecule has 0 bridgehead atoms. The minimum atomic E-state index is -0.869. The van der Waals surface area contributed by atoms with Gasteiger partial charge in [-0.3, -0.25) is 4.79 Å². The number of amides is 1. The summed E-state index contributed by atoms with van der Waals surface area (Å²) in [5, 5.41) is 12.1. The summed E-state index contributed by atoms with van der Waals surface area (Å²) in [7, 11) is 0. The van der Waals surface area contributed by atoms with Gasteiger partial charge in [-0.05, 0) is 31.1 Å². The topological polar surface area (TPSA) is 66.4 Å². The maximum atomic E-state index is 12.0. The molecule has 0 heterocycles. The molecule has 20 heavy (non-hydrogen) atoms. The molecule has 4 heteroatoms. The summed E-state index contributed by atoms with van der Waals surface area (Å²) < 4.78 is 0. The SMILES string of the molecule is O=C(CCC1CCCC1)NC(C(=O)O)C1CCCCC1. The van der Waals surface area contributed by atoms with Gasteiger partial charge in [0.2, 0.25) is 5.91 Å². The fraction of sp³-hybridized carbons (Fsp3) is 0.875. The molecule has 0 aromatic carbocycles. The van der Waals surface area contributed by atoms with Crippen molar-refractivity contribution in [3.05, 3.63) is 0 Å². The molecule has 2 rings (SSSR count). The lowest BCUT2D eigenvalue weighted by Gasteiger charge is -2.28. The van der Waals surface area contributed by atoms with Gasteiger partial charge in [-0.1, -0.05) is 44.9 Å². The molecule has 1 amide bonds. The van der Waals surface area contributed by atoms with Crippen molar-refractivity contribution in [2.45, 2.75) is 76.7 Å². The standard InChI is InChI=1S/C16H27NO3/c18-14(11-10-12-6-4-5-7-12)17-15(16(19)20)13-8-2-1-3-9-13/h12-13,15H,1-11H2,(H,17,18)(H,19,20). The number of carbonyl (C=O) groups is 2. The summed E-state index contributed by atoms with van der Waals surface area (Å²) in [6.45, 7) is 0. The molecule has 2 saturated carbocycles. The maximum Gasteiger partial charge on any atom is 0.326 e. The van der Waals surface area contributed by atoms with Crippen molar-refractivity contribution in [2.75, 3.05) is 0 Å². The first-order valence-electron chi connectivity index (χ1n) is 8.19. The van der Waals surface area contributed by atoms with E-state index in [0.29, 0.717) is 12.3 Å². The monoisotopic (exact) mass is 281 g/mol.